The number of rotatable bonds is 3. The molecule has 0 unspecified atom stereocenters. The van der Waals surface area contributed by atoms with E-state index in [9.17, 15) is 5.11 Å². The van der Waals surface area contributed by atoms with Crippen LogP contribution in [0, 0.1) is 11.3 Å². The Morgan fingerprint density at radius 1 is 1.17 bits per heavy atom. The van der Waals surface area contributed by atoms with Crippen molar-refractivity contribution in [3.63, 3.8) is 0 Å². The first kappa shape index (κ1) is 12.0. The second-order valence-corrected chi connectivity index (χ2v) is 5.08. The lowest BCUT2D eigenvalue weighted by molar-refractivity contribution is -0.101. The van der Waals surface area contributed by atoms with E-state index in [1.165, 1.54) is 0 Å². The summed E-state index contributed by atoms with van der Waals surface area (Å²) in [5, 5.41) is 10.4. The van der Waals surface area contributed by atoms with Gasteiger partial charge in [0.1, 0.15) is 0 Å². The molecule has 12 heavy (non-hydrogen) atoms. The molecule has 0 radical (unpaired) electrons. The molecule has 0 aliphatic rings. The van der Waals surface area contributed by atoms with Crippen molar-refractivity contribution in [3.8, 4) is 0 Å². The highest BCUT2D eigenvalue weighted by atomic mass is 16.3. The molecule has 0 rings (SSSR count). The summed E-state index contributed by atoms with van der Waals surface area (Å²) in [6.07, 6.45) is 1.94. The minimum atomic E-state index is -0.512. The highest BCUT2D eigenvalue weighted by Gasteiger charge is 2.41. The third-order valence-corrected chi connectivity index (χ3v) is 2.89. The zero-order valence-corrected chi connectivity index (χ0v) is 9.44. The van der Waals surface area contributed by atoms with Gasteiger partial charge < -0.3 is 5.11 Å². The second kappa shape index (κ2) is 3.78. The highest BCUT2D eigenvalue weighted by Crippen LogP contribution is 2.39. The van der Waals surface area contributed by atoms with Gasteiger partial charge in [0.05, 0.1) is 5.60 Å². The van der Waals surface area contributed by atoms with Crippen LogP contribution in [0.1, 0.15) is 54.4 Å². The van der Waals surface area contributed by atoms with Gasteiger partial charge in [-0.05, 0) is 17.8 Å². The van der Waals surface area contributed by atoms with E-state index >= 15 is 0 Å². The van der Waals surface area contributed by atoms with Crippen molar-refractivity contribution in [2.45, 2.75) is 60.0 Å². The normalized spacial score (nSPS) is 18.0. The van der Waals surface area contributed by atoms with Crippen molar-refractivity contribution < 1.29 is 5.11 Å². The zero-order chi connectivity index (χ0) is 9.99. The maximum absolute atomic E-state index is 10.4. The van der Waals surface area contributed by atoms with E-state index in [-0.39, 0.29) is 5.41 Å². The van der Waals surface area contributed by atoms with E-state index in [0.717, 1.165) is 12.8 Å². The molecule has 0 saturated carbocycles. The van der Waals surface area contributed by atoms with Crippen molar-refractivity contribution in [2.24, 2.45) is 11.3 Å². The van der Waals surface area contributed by atoms with Gasteiger partial charge >= 0.3 is 0 Å². The molecule has 1 atom stereocenters. The lowest BCUT2D eigenvalue weighted by atomic mass is 9.68. The highest BCUT2D eigenvalue weighted by molar-refractivity contribution is 4.92. The molecule has 0 heterocycles. The monoisotopic (exact) mass is 172 g/mol. The Labute approximate surface area is 77.2 Å². The van der Waals surface area contributed by atoms with Gasteiger partial charge in [0.2, 0.25) is 0 Å². The molecule has 0 aromatic heterocycles. The molecule has 0 saturated heterocycles. The van der Waals surface area contributed by atoms with Gasteiger partial charge in [0.15, 0.2) is 0 Å². The molecule has 0 fully saturated rings. The van der Waals surface area contributed by atoms with Gasteiger partial charge in [-0.3, -0.25) is 0 Å². The first-order chi connectivity index (χ1) is 5.25. The van der Waals surface area contributed by atoms with E-state index in [4.69, 9.17) is 0 Å². The minimum absolute atomic E-state index is 0.0167. The summed E-state index contributed by atoms with van der Waals surface area (Å²) in [6.45, 7) is 12.7. The Hall–Kier alpha value is -0.0400. The van der Waals surface area contributed by atoms with Crippen LogP contribution in [0.15, 0.2) is 0 Å². The van der Waals surface area contributed by atoms with Crippen molar-refractivity contribution in [1.29, 1.82) is 0 Å². The van der Waals surface area contributed by atoms with Crippen molar-refractivity contribution in [3.05, 3.63) is 0 Å². The Morgan fingerprint density at radius 3 is 1.67 bits per heavy atom. The summed E-state index contributed by atoms with van der Waals surface area (Å²) >= 11 is 0. The van der Waals surface area contributed by atoms with Crippen molar-refractivity contribution in [1.82, 2.24) is 0 Å². The van der Waals surface area contributed by atoms with Crippen LogP contribution in [0.3, 0.4) is 0 Å². The maximum atomic E-state index is 10.4. The van der Waals surface area contributed by atoms with E-state index < -0.39 is 5.60 Å². The largest absolute Gasteiger partial charge is 0.389 e. The summed E-state index contributed by atoms with van der Waals surface area (Å²) in [4.78, 5) is 0. The molecule has 0 bridgehead atoms. The van der Waals surface area contributed by atoms with Gasteiger partial charge in [-0.25, -0.2) is 0 Å². The molecule has 1 N–H and O–H groups in total. The maximum Gasteiger partial charge on any atom is 0.0718 e. The third-order valence-electron chi connectivity index (χ3n) is 2.89. The lowest BCUT2D eigenvalue weighted by Crippen LogP contribution is -2.47. The van der Waals surface area contributed by atoms with Gasteiger partial charge in [-0.2, -0.15) is 0 Å². The van der Waals surface area contributed by atoms with E-state index in [2.05, 4.69) is 41.5 Å². The smallest absolute Gasteiger partial charge is 0.0718 e. The van der Waals surface area contributed by atoms with E-state index in [1.54, 1.807) is 0 Å². The van der Waals surface area contributed by atoms with Crippen LogP contribution < -0.4 is 0 Å². The van der Waals surface area contributed by atoms with Crippen LogP contribution in [0.2, 0.25) is 0 Å². The molecule has 74 valence electrons. The fraction of sp³-hybridized carbons (Fsp3) is 1.00. The van der Waals surface area contributed by atoms with E-state index in [1.807, 2.05) is 0 Å². The predicted molar refractivity (Wildman–Crippen MR) is 54.2 cm³/mol. The molecule has 0 aromatic rings. The van der Waals surface area contributed by atoms with Crippen LogP contribution in [-0.4, -0.2) is 10.7 Å². The Balaban J connectivity index is 4.62. The summed E-state index contributed by atoms with van der Waals surface area (Å²) in [7, 11) is 0. The number of hydrogen-bond donors (Lipinski definition) is 1. The summed E-state index contributed by atoms with van der Waals surface area (Å²) < 4.78 is 0. The molecule has 0 amide bonds. The Kier molecular flexibility index (Phi) is 3.77. The Morgan fingerprint density at radius 2 is 1.58 bits per heavy atom. The molecular weight excluding hydrogens is 148 g/mol. The molecule has 0 aromatic carbocycles. The average molecular weight is 172 g/mol. The van der Waals surface area contributed by atoms with Crippen LogP contribution in [0.5, 0.6) is 0 Å². The van der Waals surface area contributed by atoms with Gasteiger partial charge in [0, 0.05) is 0 Å². The summed E-state index contributed by atoms with van der Waals surface area (Å²) in [5.74, 6) is 0.331. The fourth-order valence-corrected chi connectivity index (χ4v) is 1.91. The topological polar surface area (TPSA) is 20.2 Å². The zero-order valence-electron chi connectivity index (χ0n) is 9.44. The van der Waals surface area contributed by atoms with Crippen molar-refractivity contribution in [2.75, 3.05) is 0 Å². The number of aliphatic hydroxyl groups is 1. The second-order valence-electron chi connectivity index (χ2n) is 5.08. The van der Waals surface area contributed by atoms with Gasteiger partial charge in [0.25, 0.3) is 0 Å². The van der Waals surface area contributed by atoms with Crippen LogP contribution >= 0.6 is 0 Å². The van der Waals surface area contributed by atoms with E-state index in [0.29, 0.717) is 5.92 Å². The predicted octanol–water partition coefficient (Wildman–Crippen LogP) is 3.22. The van der Waals surface area contributed by atoms with Crippen molar-refractivity contribution >= 4 is 0 Å². The Bertz CT molecular complexity index is 132. The van der Waals surface area contributed by atoms with Crippen LogP contribution in [-0.2, 0) is 0 Å². The van der Waals surface area contributed by atoms with Crippen LogP contribution in [0.4, 0.5) is 0 Å². The van der Waals surface area contributed by atoms with Gasteiger partial charge in [-0.1, -0.05) is 48.0 Å². The SMILES string of the molecule is CCC[C@@](O)(C(C)C)C(C)(C)C. The standard InChI is InChI=1S/C11H24O/c1-7-8-11(12,9(2)3)10(4,5)6/h9,12H,7-8H2,1-6H3/t11-/m1/s1. The summed E-state index contributed by atoms with van der Waals surface area (Å²) in [6, 6.07) is 0. The van der Waals surface area contributed by atoms with Gasteiger partial charge in [-0.15, -0.1) is 0 Å². The molecule has 0 spiro atoms. The number of hydrogen-bond acceptors (Lipinski definition) is 1. The minimum Gasteiger partial charge on any atom is -0.389 e. The fourth-order valence-electron chi connectivity index (χ4n) is 1.91. The molecule has 0 aliphatic carbocycles. The lowest BCUT2D eigenvalue weighted by Gasteiger charge is -2.43. The molecule has 1 heteroatoms. The molecule has 0 aliphatic heterocycles. The first-order valence-electron chi connectivity index (χ1n) is 4.98. The average Bonchev–Trinajstić information content (AvgIpc) is 1.85. The molecule has 1 nitrogen and oxygen atoms in total. The third kappa shape index (κ3) is 2.22. The van der Waals surface area contributed by atoms with Crippen LogP contribution in [0.25, 0.3) is 0 Å². The quantitative estimate of drug-likeness (QED) is 0.693. The summed E-state index contributed by atoms with van der Waals surface area (Å²) in [5.41, 5.74) is -0.529. The first-order valence-corrected chi connectivity index (χ1v) is 4.98. The molecular formula is C11H24O.